The second-order valence-electron chi connectivity index (χ2n) is 5.84. The Labute approximate surface area is 130 Å². The van der Waals surface area contributed by atoms with Gasteiger partial charge in [0.15, 0.2) is 0 Å². The second-order valence-corrected chi connectivity index (χ2v) is 5.84. The molecule has 1 aliphatic carbocycles. The van der Waals surface area contributed by atoms with Crippen molar-refractivity contribution in [1.82, 2.24) is 5.32 Å². The van der Waals surface area contributed by atoms with Crippen molar-refractivity contribution < 1.29 is 19.4 Å². The Balaban J connectivity index is 2.04. The highest BCUT2D eigenvalue weighted by molar-refractivity contribution is 5.85. The predicted octanol–water partition coefficient (Wildman–Crippen LogP) is 2.76. The highest BCUT2D eigenvalue weighted by atomic mass is 16.5. The second kappa shape index (κ2) is 7.29. The molecule has 0 saturated heterocycles. The molecule has 1 aliphatic rings. The van der Waals surface area contributed by atoms with Gasteiger partial charge >= 0.3 is 5.97 Å². The number of carbonyl (C=O) groups excluding carboxylic acids is 1. The molecule has 1 aromatic rings. The minimum absolute atomic E-state index is 0.164. The Kier molecular flexibility index (Phi) is 5.41. The number of benzene rings is 1. The van der Waals surface area contributed by atoms with Gasteiger partial charge in [-0.3, -0.25) is 9.59 Å². The van der Waals surface area contributed by atoms with E-state index in [1.54, 1.807) is 7.11 Å². The van der Waals surface area contributed by atoms with E-state index in [9.17, 15) is 14.7 Å². The van der Waals surface area contributed by atoms with Crippen molar-refractivity contribution in [3.63, 3.8) is 0 Å². The molecule has 1 aromatic carbocycles. The summed E-state index contributed by atoms with van der Waals surface area (Å²) in [5.74, 6) is -1.29. The zero-order chi connectivity index (χ0) is 16.1. The van der Waals surface area contributed by atoms with Crippen molar-refractivity contribution in [3.8, 4) is 5.75 Å². The molecule has 2 rings (SSSR count). The lowest BCUT2D eigenvalue weighted by molar-refractivity contribution is -0.149. The number of carbonyl (C=O) groups is 2. The molecule has 22 heavy (non-hydrogen) atoms. The van der Waals surface area contributed by atoms with Crippen LogP contribution in [-0.2, 0) is 9.59 Å². The first-order valence-electron chi connectivity index (χ1n) is 7.70. The molecule has 1 saturated carbocycles. The van der Waals surface area contributed by atoms with Crippen LogP contribution in [0.1, 0.15) is 44.2 Å². The van der Waals surface area contributed by atoms with Crippen molar-refractivity contribution in [2.75, 3.05) is 7.11 Å². The van der Waals surface area contributed by atoms with Crippen molar-refractivity contribution in [2.24, 2.45) is 11.8 Å². The molecule has 2 N–H and O–H groups in total. The Morgan fingerprint density at radius 1 is 1.27 bits per heavy atom. The van der Waals surface area contributed by atoms with Crippen molar-refractivity contribution >= 4 is 11.9 Å². The Morgan fingerprint density at radius 3 is 2.59 bits per heavy atom. The van der Waals surface area contributed by atoms with Gasteiger partial charge < -0.3 is 15.2 Å². The number of aliphatic carboxylic acids is 1. The average molecular weight is 305 g/mol. The fourth-order valence-corrected chi connectivity index (χ4v) is 3.05. The highest BCUT2D eigenvalue weighted by Gasteiger charge is 2.36. The molecule has 0 radical (unpaired) electrons. The van der Waals surface area contributed by atoms with E-state index in [2.05, 4.69) is 5.32 Å². The maximum atomic E-state index is 12.4. The van der Waals surface area contributed by atoms with Crippen molar-refractivity contribution in [3.05, 3.63) is 29.8 Å². The topological polar surface area (TPSA) is 75.6 Å². The quantitative estimate of drug-likeness (QED) is 0.877. The number of hydrogen-bond acceptors (Lipinski definition) is 3. The molecule has 0 heterocycles. The molecule has 0 spiro atoms. The van der Waals surface area contributed by atoms with Gasteiger partial charge in [-0.2, -0.15) is 0 Å². The highest BCUT2D eigenvalue weighted by Crippen LogP contribution is 2.31. The zero-order valence-electron chi connectivity index (χ0n) is 13.0. The summed E-state index contributed by atoms with van der Waals surface area (Å²) < 4.78 is 5.18. The lowest BCUT2D eigenvalue weighted by Gasteiger charge is -2.28. The minimum Gasteiger partial charge on any atom is -0.497 e. The van der Waals surface area contributed by atoms with Crippen molar-refractivity contribution in [2.45, 2.75) is 38.6 Å². The third-order valence-electron chi connectivity index (χ3n) is 4.37. The fraction of sp³-hybridized carbons (Fsp3) is 0.529. The number of amides is 1. The van der Waals surface area contributed by atoms with Gasteiger partial charge in [-0.05, 0) is 37.5 Å². The van der Waals surface area contributed by atoms with Gasteiger partial charge in [0.05, 0.1) is 25.0 Å². The smallest absolute Gasteiger partial charge is 0.307 e. The molecule has 5 nitrogen and oxygen atoms in total. The lowest BCUT2D eigenvalue weighted by Crippen LogP contribution is -2.40. The van der Waals surface area contributed by atoms with E-state index in [1.807, 2.05) is 31.2 Å². The molecule has 1 fully saturated rings. The van der Waals surface area contributed by atoms with Gasteiger partial charge in [0.1, 0.15) is 5.75 Å². The Bertz CT molecular complexity index is 543. The van der Waals surface area contributed by atoms with Crippen LogP contribution >= 0.6 is 0 Å². The molecule has 3 atom stereocenters. The molecule has 120 valence electrons. The van der Waals surface area contributed by atoms with E-state index in [0.717, 1.165) is 24.2 Å². The number of nitrogens with one attached hydrogen (secondary N) is 1. The first-order chi connectivity index (χ1) is 10.5. The van der Waals surface area contributed by atoms with Gasteiger partial charge in [-0.15, -0.1) is 0 Å². The van der Waals surface area contributed by atoms with Gasteiger partial charge in [-0.25, -0.2) is 0 Å². The number of carboxylic acid groups (broad SMARTS) is 1. The molecule has 0 bridgehead atoms. The standard InChI is InChI=1S/C17H23NO4/c1-11(12-6-5-7-13(10-12)22-2)18-16(19)14-8-3-4-9-15(14)17(20)21/h5-7,10-11,14-15H,3-4,8-9H2,1-2H3,(H,18,19)(H,20,21)/t11-,14-,15+/m1/s1. The van der Waals surface area contributed by atoms with Crippen LogP contribution in [0.3, 0.4) is 0 Å². The summed E-state index contributed by atoms with van der Waals surface area (Å²) in [4.78, 5) is 23.8. The largest absolute Gasteiger partial charge is 0.497 e. The van der Waals surface area contributed by atoms with Gasteiger partial charge in [0.2, 0.25) is 5.91 Å². The summed E-state index contributed by atoms with van der Waals surface area (Å²) in [5, 5.41) is 12.2. The molecule has 0 aliphatic heterocycles. The maximum Gasteiger partial charge on any atom is 0.307 e. The summed E-state index contributed by atoms with van der Waals surface area (Å²) in [7, 11) is 1.60. The van der Waals surface area contributed by atoms with Crippen LogP contribution in [0.4, 0.5) is 0 Å². The Hall–Kier alpha value is -2.04. The van der Waals surface area contributed by atoms with E-state index in [4.69, 9.17) is 4.74 Å². The average Bonchev–Trinajstić information content (AvgIpc) is 2.54. The summed E-state index contributed by atoms with van der Waals surface area (Å²) >= 11 is 0. The van der Waals surface area contributed by atoms with Crippen LogP contribution in [0.25, 0.3) is 0 Å². The number of methoxy groups -OCH3 is 1. The first kappa shape index (κ1) is 16.3. The maximum absolute atomic E-state index is 12.4. The van der Waals surface area contributed by atoms with Crippen LogP contribution in [-0.4, -0.2) is 24.1 Å². The number of carboxylic acids is 1. The summed E-state index contributed by atoms with van der Waals surface area (Å²) in [6.07, 6.45) is 3.02. The monoisotopic (exact) mass is 305 g/mol. The first-order valence-corrected chi connectivity index (χ1v) is 7.70. The van der Waals surface area contributed by atoms with E-state index in [0.29, 0.717) is 12.8 Å². The molecule has 1 amide bonds. The fourth-order valence-electron chi connectivity index (χ4n) is 3.05. The van der Waals surface area contributed by atoms with E-state index >= 15 is 0 Å². The normalized spacial score (nSPS) is 22.6. The van der Waals surface area contributed by atoms with Gasteiger partial charge in [-0.1, -0.05) is 25.0 Å². The molecular weight excluding hydrogens is 282 g/mol. The van der Waals surface area contributed by atoms with Crippen LogP contribution in [0.2, 0.25) is 0 Å². The Morgan fingerprint density at radius 2 is 1.95 bits per heavy atom. The predicted molar refractivity (Wildman–Crippen MR) is 82.6 cm³/mol. The number of rotatable bonds is 5. The molecule has 5 heteroatoms. The molecule has 0 aromatic heterocycles. The SMILES string of the molecule is COc1cccc([C@@H](C)NC(=O)[C@@H]2CCCC[C@@H]2C(=O)O)c1. The van der Waals surface area contributed by atoms with Gasteiger partial charge in [0, 0.05) is 0 Å². The zero-order valence-corrected chi connectivity index (χ0v) is 13.0. The minimum atomic E-state index is -0.867. The summed E-state index contributed by atoms with van der Waals surface area (Å²) in [5.41, 5.74) is 0.940. The van der Waals surface area contributed by atoms with E-state index in [1.165, 1.54) is 0 Å². The number of hydrogen-bond donors (Lipinski definition) is 2. The third-order valence-corrected chi connectivity index (χ3v) is 4.37. The van der Waals surface area contributed by atoms with Crippen LogP contribution < -0.4 is 10.1 Å². The molecular formula is C17H23NO4. The lowest BCUT2D eigenvalue weighted by atomic mass is 9.78. The van der Waals surface area contributed by atoms with Crippen LogP contribution in [0.15, 0.2) is 24.3 Å². The summed E-state index contributed by atoms with van der Waals surface area (Å²) in [6, 6.07) is 7.33. The van der Waals surface area contributed by atoms with Crippen LogP contribution in [0, 0.1) is 11.8 Å². The van der Waals surface area contributed by atoms with Crippen LogP contribution in [0.5, 0.6) is 5.75 Å². The molecule has 0 unspecified atom stereocenters. The third kappa shape index (κ3) is 3.78. The van der Waals surface area contributed by atoms with E-state index < -0.39 is 17.8 Å². The number of ether oxygens (including phenoxy) is 1. The summed E-state index contributed by atoms with van der Waals surface area (Å²) in [6.45, 7) is 1.89. The van der Waals surface area contributed by atoms with Crippen molar-refractivity contribution in [1.29, 1.82) is 0 Å². The van der Waals surface area contributed by atoms with Gasteiger partial charge in [0.25, 0.3) is 0 Å². The van der Waals surface area contributed by atoms with E-state index in [-0.39, 0.29) is 11.9 Å².